The Balaban J connectivity index is 1.59. The third-order valence-electron chi connectivity index (χ3n) is 6.48. The minimum atomic E-state index is -0.675. The number of pyridine rings is 1. The Morgan fingerprint density at radius 3 is 2.47 bits per heavy atom. The van der Waals surface area contributed by atoms with Crippen molar-refractivity contribution in [3.63, 3.8) is 0 Å². The average Bonchev–Trinajstić information content (AvgIpc) is 2.87. The van der Waals surface area contributed by atoms with Gasteiger partial charge in [-0.05, 0) is 48.9 Å². The molecule has 36 heavy (non-hydrogen) atoms. The summed E-state index contributed by atoms with van der Waals surface area (Å²) in [4.78, 5) is 8.62. The number of anilines is 1. The molecule has 0 amide bonds. The number of nitrogens with zero attached hydrogens (tertiary/aromatic N) is 3. The second-order valence-electron chi connectivity index (χ2n) is 8.95. The molecular weight excluding hydrogens is 488 g/mol. The molecule has 0 spiro atoms. The standard InChI is InChI=1S/C27H30ClF2N3O3/c1-18(35)23(25-8-6-21(30)15-31-25)16-32-10-11-33(27(17-32)19-2-4-20(29)5-3-19)26-9-7-22(14-24(26)28)36-13-12-34/h2-9,14-15,18,23,27,34-35H,10-13,16-17H2,1H3/t18?,23?,27-/m0/s1. The number of aliphatic hydroxyl groups is 2. The van der Waals surface area contributed by atoms with Crippen LogP contribution in [0.5, 0.6) is 5.75 Å². The van der Waals surface area contributed by atoms with Gasteiger partial charge in [0.2, 0.25) is 0 Å². The Hall–Kier alpha value is -2.78. The van der Waals surface area contributed by atoms with E-state index in [4.69, 9.17) is 21.4 Å². The van der Waals surface area contributed by atoms with E-state index in [0.717, 1.165) is 11.3 Å². The highest BCUT2D eigenvalue weighted by Crippen LogP contribution is 2.37. The first-order chi connectivity index (χ1) is 17.4. The lowest BCUT2D eigenvalue weighted by Gasteiger charge is -2.44. The van der Waals surface area contributed by atoms with Crippen molar-refractivity contribution in [2.75, 3.05) is 44.3 Å². The van der Waals surface area contributed by atoms with Crippen LogP contribution < -0.4 is 9.64 Å². The van der Waals surface area contributed by atoms with Crippen molar-refractivity contribution in [1.29, 1.82) is 0 Å². The molecular formula is C27H30ClF2N3O3. The van der Waals surface area contributed by atoms with E-state index in [-0.39, 0.29) is 31.0 Å². The summed E-state index contributed by atoms with van der Waals surface area (Å²) in [6.45, 7) is 4.28. The van der Waals surface area contributed by atoms with Gasteiger partial charge in [-0.15, -0.1) is 0 Å². The van der Waals surface area contributed by atoms with Gasteiger partial charge in [0, 0.05) is 43.9 Å². The lowest BCUT2D eigenvalue weighted by Crippen LogP contribution is -2.50. The molecule has 1 fully saturated rings. The zero-order chi connectivity index (χ0) is 25.7. The molecule has 1 aliphatic rings. The Morgan fingerprint density at radius 1 is 1.08 bits per heavy atom. The predicted octanol–water partition coefficient (Wildman–Crippen LogP) is 4.41. The van der Waals surface area contributed by atoms with Gasteiger partial charge in [0.1, 0.15) is 24.0 Å². The molecule has 2 N–H and O–H groups in total. The van der Waals surface area contributed by atoms with Gasteiger partial charge in [0.15, 0.2) is 0 Å². The minimum Gasteiger partial charge on any atom is -0.491 e. The summed E-state index contributed by atoms with van der Waals surface area (Å²) in [5.74, 6) is -0.449. The minimum absolute atomic E-state index is 0.0884. The molecule has 4 rings (SSSR count). The topological polar surface area (TPSA) is 69.1 Å². The molecule has 0 saturated carbocycles. The van der Waals surface area contributed by atoms with Crippen molar-refractivity contribution < 1.29 is 23.7 Å². The van der Waals surface area contributed by atoms with E-state index in [0.29, 0.717) is 42.6 Å². The second kappa shape index (κ2) is 12.0. The second-order valence-corrected chi connectivity index (χ2v) is 9.36. The molecule has 3 aromatic rings. The van der Waals surface area contributed by atoms with Gasteiger partial charge >= 0.3 is 0 Å². The normalized spacial score (nSPS) is 18.2. The van der Waals surface area contributed by atoms with Gasteiger partial charge < -0.3 is 19.8 Å². The quantitative estimate of drug-likeness (QED) is 0.438. The zero-order valence-corrected chi connectivity index (χ0v) is 20.8. The van der Waals surface area contributed by atoms with Crippen LogP contribution in [-0.2, 0) is 0 Å². The third kappa shape index (κ3) is 6.31. The molecule has 1 aromatic heterocycles. The lowest BCUT2D eigenvalue weighted by molar-refractivity contribution is 0.119. The van der Waals surface area contributed by atoms with Crippen molar-refractivity contribution in [3.8, 4) is 5.75 Å². The van der Waals surface area contributed by atoms with E-state index in [1.54, 1.807) is 31.2 Å². The monoisotopic (exact) mass is 517 g/mol. The summed E-state index contributed by atoms with van der Waals surface area (Å²) in [5.41, 5.74) is 2.40. The highest BCUT2D eigenvalue weighted by atomic mass is 35.5. The highest BCUT2D eigenvalue weighted by molar-refractivity contribution is 6.33. The van der Waals surface area contributed by atoms with E-state index in [9.17, 15) is 13.9 Å². The van der Waals surface area contributed by atoms with E-state index in [1.165, 1.54) is 24.4 Å². The summed E-state index contributed by atoms with van der Waals surface area (Å²) in [6.07, 6.45) is 0.492. The van der Waals surface area contributed by atoms with Crippen molar-refractivity contribution in [1.82, 2.24) is 9.88 Å². The van der Waals surface area contributed by atoms with Crippen LogP contribution in [0.15, 0.2) is 60.8 Å². The first-order valence-electron chi connectivity index (χ1n) is 11.9. The van der Waals surface area contributed by atoms with Crippen LogP contribution in [-0.4, -0.2) is 65.6 Å². The SMILES string of the molecule is CC(O)C(CN1CCN(c2ccc(OCCO)cc2Cl)[C@H](c2ccc(F)cc2)C1)c1ccc(F)cn1. The molecule has 0 bridgehead atoms. The maximum absolute atomic E-state index is 13.7. The van der Waals surface area contributed by atoms with Gasteiger partial charge in [0.05, 0.1) is 35.7 Å². The van der Waals surface area contributed by atoms with Crippen molar-refractivity contribution in [2.24, 2.45) is 0 Å². The fourth-order valence-corrected chi connectivity index (χ4v) is 4.89. The number of halogens is 3. The summed E-state index contributed by atoms with van der Waals surface area (Å²) >= 11 is 6.65. The molecule has 2 heterocycles. The number of rotatable bonds is 9. The number of aliphatic hydroxyl groups excluding tert-OH is 2. The molecule has 9 heteroatoms. The van der Waals surface area contributed by atoms with E-state index in [2.05, 4.69) is 14.8 Å². The van der Waals surface area contributed by atoms with Gasteiger partial charge in [-0.3, -0.25) is 9.88 Å². The number of piperazine rings is 1. The Morgan fingerprint density at radius 2 is 1.83 bits per heavy atom. The maximum atomic E-state index is 13.7. The summed E-state index contributed by atoms with van der Waals surface area (Å²) in [6, 6.07) is 14.7. The number of aromatic nitrogens is 1. The summed E-state index contributed by atoms with van der Waals surface area (Å²) in [7, 11) is 0. The van der Waals surface area contributed by atoms with Crippen LogP contribution in [0.1, 0.15) is 30.1 Å². The molecule has 1 saturated heterocycles. The van der Waals surface area contributed by atoms with Crippen LogP contribution in [0.3, 0.4) is 0 Å². The van der Waals surface area contributed by atoms with Crippen LogP contribution in [0, 0.1) is 11.6 Å². The molecule has 2 unspecified atom stereocenters. The molecule has 1 aliphatic heterocycles. The first kappa shape index (κ1) is 26.3. The fourth-order valence-electron chi connectivity index (χ4n) is 4.62. The summed E-state index contributed by atoms with van der Waals surface area (Å²) in [5, 5.41) is 20.0. The van der Waals surface area contributed by atoms with Gasteiger partial charge in [-0.2, -0.15) is 0 Å². The molecule has 0 radical (unpaired) electrons. The van der Waals surface area contributed by atoms with Crippen LogP contribution >= 0.6 is 11.6 Å². The number of benzene rings is 2. The molecule has 6 nitrogen and oxygen atoms in total. The smallest absolute Gasteiger partial charge is 0.141 e. The Bertz CT molecular complexity index is 1130. The molecule has 0 aliphatic carbocycles. The first-order valence-corrected chi connectivity index (χ1v) is 12.3. The van der Waals surface area contributed by atoms with Gasteiger partial charge in [-0.1, -0.05) is 23.7 Å². The van der Waals surface area contributed by atoms with Gasteiger partial charge in [0.25, 0.3) is 0 Å². The Kier molecular flexibility index (Phi) is 8.74. The van der Waals surface area contributed by atoms with Crippen molar-refractivity contribution in [2.45, 2.75) is 25.0 Å². The molecule has 2 aromatic carbocycles. The number of ether oxygens (including phenoxy) is 1. The predicted molar refractivity (Wildman–Crippen MR) is 136 cm³/mol. The highest BCUT2D eigenvalue weighted by Gasteiger charge is 2.32. The van der Waals surface area contributed by atoms with Crippen LogP contribution in [0.2, 0.25) is 5.02 Å². The third-order valence-corrected chi connectivity index (χ3v) is 6.78. The summed E-state index contributed by atoms with van der Waals surface area (Å²) < 4.78 is 32.6. The van der Waals surface area contributed by atoms with E-state index >= 15 is 0 Å². The molecule has 3 atom stereocenters. The number of hydrogen-bond donors (Lipinski definition) is 2. The van der Waals surface area contributed by atoms with Gasteiger partial charge in [-0.25, -0.2) is 8.78 Å². The van der Waals surface area contributed by atoms with Crippen LogP contribution in [0.4, 0.5) is 14.5 Å². The maximum Gasteiger partial charge on any atom is 0.141 e. The van der Waals surface area contributed by atoms with Crippen molar-refractivity contribution in [3.05, 3.63) is 88.7 Å². The Labute approximate surface area is 214 Å². The van der Waals surface area contributed by atoms with E-state index < -0.39 is 11.9 Å². The lowest BCUT2D eigenvalue weighted by atomic mass is 9.95. The number of hydrogen-bond acceptors (Lipinski definition) is 6. The van der Waals surface area contributed by atoms with Crippen LogP contribution in [0.25, 0.3) is 0 Å². The fraction of sp³-hybridized carbons (Fsp3) is 0.370. The average molecular weight is 518 g/mol. The molecule has 192 valence electrons. The van der Waals surface area contributed by atoms with Crippen molar-refractivity contribution >= 4 is 17.3 Å². The zero-order valence-electron chi connectivity index (χ0n) is 20.0. The van der Waals surface area contributed by atoms with E-state index in [1.807, 2.05) is 12.1 Å². The largest absolute Gasteiger partial charge is 0.491 e.